The monoisotopic (exact) mass is 399 g/mol. The Labute approximate surface area is 170 Å². The van der Waals surface area contributed by atoms with Gasteiger partial charge in [-0.3, -0.25) is 9.59 Å². The summed E-state index contributed by atoms with van der Waals surface area (Å²) in [5, 5.41) is 0. The van der Waals surface area contributed by atoms with Gasteiger partial charge in [-0.15, -0.1) is 0 Å². The molecule has 1 atom stereocenters. The predicted molar refractivity (Wildman–Crippen MR) is 111 cm³/mol. The van der Waals surface area contributed by atoms with Gasteiger partial charge in [0.25, 0.3) is 0 Å². The van der Waals surface area contributed by atoms with Gasteiger partial charge in [0.2, 0.25) is 0 Å². The second-order valence-electron chi connectivity index (χ2n) is 7.44. The van der Waals surface area contributed by atoms with Crippen LogP contribution >= 0.6 is 0 Å². The Morgan fingerprint density at radius 3 is 1.86 bits per heavy atom. The van der Waals surface area contributed by atoms with Gasteiger partial charge in [-0.1, -0.05) is 78.1 Å². The molecule has 0 aliphatic rings. The number of carbonyl (C=O) groups is 3. The van der Waals surface area contributed by atoms with Gasteiger partial charge in [-0.25, -0.2) is 4.79 Å². The van der Waals surface area contributed by atoms with E-state index >= 15 is 0 Å². The normalized spacial score (nSPS) is 11.8. The van der Waals surface area contributed by atoms with Crippen molar-refractivity contribution >= 4 is 17.9 Å². The third-order valence-electron chi connectivity index (χ3n) is 4.67. The van der Waals surface area contributed by atoms with Crippen molar-refractivity contribution in [3.63, 3.8) is 0 Å². The maximum absolute atomic E-state index is 11.8. The largest absolute Gasteiger partial charge is 0.466 e. The first-order valence-electron chi connectivity index (χ1n) is 11.2. The van der Waals surface area contributed by atoms with Crippen LogP contribution in [-0.2, 0) is 23.9 Å². The molecule has 2 N–H and O–H groups in total. The third-order valence-corrected chi connectivity index (χ3v) is 4.67. The minimum Gasteiger partial charge on any atom is -0.466 e. The highest BCUT2D eigenvalue weighted by atomic mass is 16.6. The Bertz CT molecular complexity index is 425. The fraction of sp³-hybridized carbons (Fsp3) is 0.864. The summed E-state index contributed by atoms with van der Waals surface area (Å²) in [6.45, 7) is 4.67. The molecule has 0 aromatic heterocycles. The van der Waals surface area contributed by atoms with Crippen LogP contribution in [0.1, 0.15) is 110 Å². The highest BCUT2D eigenvalue weighted by Gasteiger charge is 2.20. The number of unbranched alkanes of at least 4 members (excludes halogenated alkanes) is 10. The first-order chi connectivity index (χ1) is 13.5. The molecule has 0 heterocycles. The molecule has 6 heteroatoms. The Morgan fingerprint density at radius 1 is 0.714 bits per heavy atom. The van der Waals surface area contributed by atoms with E-state index in [1.54, 1.807) is 0 Å². The van der Waals surface area contributed by atoms with Crippen molar-refractivity contribution in [1.82, 2.24) is 0 Å². The van der Waals surface area contributed by atoms with Crippen molar-refractivity contribution in [3.8, 4) is 0 Å². The zero-order chi connectivity index (χ0) is 21.0. The van der Waals surface area contributed by atoms with Gasteiger partial charge in [-0.05, 0) is 19.3 Å². The minimum absolute atomic E-state index is 0.0504. The Morgan fingerprint density at radius 2 is 1.25 bits per heavy atom. The molecule has 0 saturated heterocycles. The van der Waals surface area contributed by atoms with Gasteiger partial charge in [0.1, 0.15) is 6.04 Å². The molecule has 28 heavy (non-hydrogen) atoms. The van der Waals surface area contributed by atoms with E-state index in [4.69, 9.17) is 15.2 Å². The molecular weight excluding hydrogens is 358 g/mol. The smallest absolute Gasteiger partial charge is 0.330 e. The van der Waals surface area contributed by atoms with Gasteiger partial charge in [0, 0.05) is 12.8 Å². The first-order valence-corrected chi connectivity index (χ1v) is 11.2. The van der Waals surface area contributed by atoms with E-state index in [0.29, 0.717) is 6.61 Å². The zero-order valence-corrected chi connectivity index (χ0v) is 18.0. The molecule has 0 fully saturated rings. The molecule has 0 aromatic carbocycles. The maximum atomic E-state index is 11.8. The lowest BCUT2D eigenvalue weighted by Gasteiger charge is -2.10. The minimum atomic E-state index is -0.977. The van der Waals surface area contributed by atoms with Crippen molar-refractivity contribution < 1.29 is 23.9 Å². The van der Waals surface area contributed by atoms with Crippen LogP contribution in [0.3, 0.4) is 0 Å². The third kappa shape index (κ3) is 16.7. The van der Waals surface area contributed by atoms with E-state index in [1.807, 2.05) is 0 Å². The lowest BCUT2D eigenvalue weighted by molar-refractivity contribution is -0.160. The molecule has 0 aliphatic heterocycles. The summed E-state index contributed by atoms with van der Waals surface area (Å²) in [4.78, 5) is 35.1. The van der Waals surface area contributed by atoms with Crippen LogP contribution in [0.2, 0.25) is 0 Å². The molecule has 0 rings (SSSR count). The standard InChI is InChI=1S/C22H41NO5/c1-3-5-7-8-9-10-11-12-13-15-21(25)28-22(26)19(23)16-17-20(24)27-18-14-6-4-2/h19H,3-18,23H2,1-2H3. The molecule has 164 valence electrons. The van der Waals surface area contributed by atoms with Gasteiger partial charge in [-0.2, -0.15) is 0 Å². The average Bonchev–Trinajstić information content (AvgIpc) is 2.68. The quantitative estimate of drug-likeness (QED) is 0.202. The Kier molecular flexibility index (Phi) is 17.9. The van der Waals surface area contributed by atoms with E-state index in [0.717, 1.165) is 38.5 Å². The number of esters is 3. The molecular formula is C22H41NO5. The fourth-order valence-electron chi connectivity index (χ4n) is 2.82. The number of nitrogens with two attached hydrogens (primary N) is 1. The summed E-state index contributed by atoms with van der Waals surface area (Å²) < 4.78 is 9.83. The van der Waals surface area contributed by atoms with Crippen molar-refractivity contribution in [2.45, 2.75) is 116 Å². The number of hydrogen-bond acceptors (Lipinski definition) is 6. The first kappa shape index (κ1) is 26.6. The van der Waals surface area contributed by atoms with Crippen LogP contribution in [0.25, 0.3) is 0 Å². The fourth-order valence-corrected chi connectivity index (χ4v) is 2.82. The van der Waals surface area contributed by atoms with E-state index in [9.17, 15) is 14.4 Å². The molecule has 0 aliphatic carbocycles. The van der Waals surface area contributed by atoms with Crippen molar-refractivity contribution in [2.75, 3.05) is 6.61 Å². The lowest BCUT2D eigenvalue weighted by atomic mass is 10.1. The van der Waals surface area contributed by atoms with E-state index in [2.05, 4.69) is 13.8 Å². The summed E-state index contributed by atoms with van der Waals surface area (Å²) in [6.07, 6.45) is 13.7. The molecule has 0 saturated carbocycles. The van der Waals surface area contributed by atoms with E-state index in [-0.39, 0.29) is 25.2 Å². The highest BCUT2D eigenvalue weighted by Crippen LogP contribution is 2.11. The average molecular weight is 400 g/mol. The zero-order valence-electron chi connectivity index (χ0n) is 18.0. The second-order valence-corrected chi connectivity index (χ2v) is 7.44. The lowest BCUT2D eigenvalue weighted by Crippen LogP contribution is -2.34. The topological polar surface area (TPSA) is 95.7 Å². The molecule has 0 bridgehead atoms. The van der Waals surface area contributed by atoms with Crippen LogP contribution in [0, 0.1) is 0 Å². The summed E-state index contributed by atoms with van der Waals surface area (Å²) in [5.41, 5.74) is 5.70. The Hall–Kier alpha value is -1.43. The maximum Gasteiger partial charge on any atom is 0.330 e. The Balaban J connectivity index is 3.67. The molecule has 6 nitrogen and oxygen atoms in total. The number of ether oxygens (including phenoxy) is 2. The van der Waals surface area contributed by atoms with Gasteiger partial charge in [0.15, 0.2) is 0 Å². The number of carbonyl (C=O) groups excluding carboxylic acids is 3. The predicted octanol–water partition coefficient (Wildman–Crippen LogP) is 4.82. The molecule has 0 aromatic rings. The van der Waals surface area contributed by atoms with E-state index in [1.165, 1.54) is 38.5 Å². The van der Waals surface area contributed by atoms with Gasteiger partial charge >= 0.3 is 17.9 Å². The summed E-state index contributed by atoms with van der Waals surface area (Å²) in [6, 6.07) is -0.977. The van der Waals surface area contributed by atoms with Crippen LogP contribution in [0.4, 0.5) is 0 Å². The summed E-state index contributed by atoms with van der Waals surface area (Å²) in [7, 11) is 0. The summed E-state index contributed by atoms with van der Waals surface area (Å²) in [5.74, 6) is -1.68. The van der Waals surface area contributed by atoms with Crippen molar-refractivity contribution in [3.05, 3.63) is 0 Å². The van der Waals surface area contributed by atoms with Gasteiger partial charge < -0.3 is 15.2 Å². The summed E-state index contributed by atoms with van der Waals surface area (Å²) >= 11 is 0. The van der Waals surface area contributed by atoms with Gasteiger partial charge in [0.05, 0.1) is 6.61 Å². The van der Waals surface area contributed by atoms with Crippen LogP contribution in [-0.4, -0.2) is 30.6 Å². The van der Waals surface area contributed by atoms with E-state index < -0.39 is 18.0 Å². The molecule has 1 unspecified atom stereocenters. The van der Waals surface area contributed by atoms with Crippen LogP contribution < -0.4 is 5.73 Å². The van der Waals surface area contributed by atoms with Crippen LogP contribution in [0.15, 0.2) is 0 Å². The SMILES string of the molecule is CCCCCCCCCCCC(=O)OC(=O)C(N)CCC(=O)OCCCCC. The molecule has 0 amide bonds. The highest BCUT2D eigenvalue weighted by molar-refractivity contribution is 5.88. The molecule has 0 radical (unpaired) electrons. The number of hydrogen-bond donors (Lipinski definition) is 1. The second kappa shape index (κ2) is 18.9. The molecule has 0 spiro atoms. The van der Waals surface area contributed by atoms with Crippen molar-refractivity contribution in [2.24, 2.45) is 5.73 Å². The number of rotatable bonds is 18. The van der Waals surface area contributed by atoms with Crippen molar-refractivity contribution in [1.29, 1.82) is 0 Å². The van der Waals surface area contributed by atoms with Crippen LogP contribution in [0.5, 0.6) is 0 Å².